The van der Waals surface area contributed by atoms with Crippen molar-refractivity contribution in [1.82, 2.24) is 0 Å². The van der Waals surface area contributed by atoms with Gasteiger partial charge in [0.1, 0.15) is 22.5 Å². The molecule has 0 radical (unpaired) electrons. The van der Waals surface area contributed by atoms with Gasteiger partial charge in [-0.15, -0.1) is 0 Å². The monoisotopic (exact) mass is 906 g/mol. The van der Waals surface area contributed by atoms with E-state index in [-0.39, 0.29) is 11.1 Å². The lowest BCUT2D eigenvalue weighted by atomic mass is 10.00. The number of fused-ring (bicyclic) bond motifs is 1. The summed E-state index contributed by atoms with van der Waals surface area (Å²) in [7, 11) is 0. The Balaban J connectivity index is 1.80. The molecular formula is C40H18F20N2. The van der Waals surface area contributed by atoms with E-state index in [4.69, 9.17) is 0 Å². The van der Waals surface area contributed by atoms with Crippen molar-refractivity contribution < 1.29 is 87.8 Å². The number of anilines is 6. The molecular weight excluding hydrogens is 888 g/mol. The van der Waals surface area contributed by atoms with Crippen LogP contribution in [0.5, 0.6) is 0 Å². The van der Waals surface area contributed by atoms with Crippen LogP contribution in [0.4, 0.5) is 122 Å². The number of rotatable bonds is 6. The van der Waals surface area contributed by atoms with Gasteiger partial charge in [-0.2, -0.15) is 52.7 Å². The van der Waals surface area contributed by atoms with Crippen molar-refractivity contribution in [3.8, 4) is 0 Å². The summed E-state index contributed by atoms with van der Waals surface area (Å²) >= 11 is 0. The Hall–Kier alpha value is -6.22. The molecule has 0 aliphatic rings. The lowest BCUT2D eigenvalue weighted by Crippen LogP contribution is -2.24. The van der Waals surface area contributed by atoms with E-state index in [2.05, 4.69) is 0 Å². The molecule has 0 aliphatic carbocycles. The van der Waals surface area contributed by atoms with Crippen LogP contribution < -0.4 is 9.80 Å². The van der Waals surface area contributed by atoms with Gasteiger partial charge in [0.2, 0.25) is 0 Å². The fourth-order valence-electron chi connectivity index (χ4n) is 6.68. The van der Waals surface area contributed by atoms with Gasteiger partial charge in [0.05, 0.1) is 22.5 Å². The summed E-state index contributed by atoms with van der Waals surface area (Å²) in [6.07, 6.45) is -22.7. The molecule has 0 heterocycles. The normalized spacial score (nSPS) is 12.7. The van der Waals surface area contributed by atoms with Gasteiger partial charge < -0.3 is 4.90 Å². The fraction of sp³-hybridized carbons (Fsp3) is 0.150. The molecule has 0 spiro atoms. The highest BCUT2D eigenvalue weighted by molar-refractivity contribution is 6.07. The number of aryl methyl sites for hydroxylation is 2. The number of halogens is 20. The third kappa shape index (κ3) is 7.89. The summed E-state index contributed by atoms with van der Waals surface area (Å²) in [5, 5.41) is -1.39. The molecule has 6 aromatic rings. The zero-order valence-electron chi connectivity index (χ0n) is 30.4. The van der Waals surface area contributed by atoms with E-state index in [0.717, 1.165) is 55.1 Å². The van der Waals surface area contributed by atoms with Gasteiger partial charge in [0, 0.05) is 22.1 Å². The minimum Gasteiger partial charge on any atom is -0.310 e. The van der Waals surface area contributed by atoms with E-state index in [1.165, 1.54) is 0 Å². The van der Waals surface area contributed by atoms with Crippen LogP contribution in [0.25, 0.3) is 10.8 Å². The summed E-state index contributed by atoms with van der Waals surface area (Å²) in [6, 6.07) is 9.04. The highest BCUT2D eigenvalue weighted by Crippen LogP contribution is 2.52. The third-order valence-corrected chi connectivity index (χ3v) is 9.15. The number of hydrogen-bond acceptors (Lipinski definition) is 2. The van der Waals surface area contributed by atoms with Crippen molar-refractivity contribution >= 4 is 44.9 Å². The van der Waals surface area contributed by atoms with Crippen molar-refractivity contribution in [2.24, 2.45) is 0 Å². The lowest BCUT2D eigenvalue weighted by Gasteiger charge is -2.32. The third-order valence-electron chi connectivity index (χ3n) is 9.15. The Bertz CT molecular complexity index is 2560. The first kappa shape index (κ1) is 45.3. The molecule has 62 heavy (non-hydrogen) atoms. The second-order valence-electron chi connectivity index (χ2n) is 13.4. The van der Waals surface area contributed by atoms with E-state index >= 15 is 35.1 Å². The molecule has 0 unspecified atom stereocenters. The molecule has 22 heteroatoms. The molecule has 2 nitrogen and oxygen atoms in total. The van der Waals surface area contributed by atoms with Gasteiger partial charge in [0.25, 0.3) is 0 Å². The summed E-state index contributed by atoms with van der Waals surface area (Å²) in [5.41, 5.74) is -17.8. The minimum absolute atomic E-state index is 0.148. The zero-order chi connectivity index (χ0) is 46.3. The highest BCUT2D eigenvalue weighted by atomic mass is 19.4. The average Bonchev–Trinajstić information content (AvgIpc) is 3.14. The molecule has 0 saturated heterocycles. The Labute approximate surface area is 333 Å². The molecule has 0 aromatic heterocycles. The smallest absolute Gasteiger partial charge is 0.310 e. The standard InChI is InChI=1S/C40H18F20N2/c1-15-9-17(37(49,50)51)13-19(11-15)61(20-12-16(2)10-18(14-20)38(52,53)54)23-7-8-24(22-6-4-3-5-21(22)23)62(35-31(45)27(41)25(39(55,56)57)28(42)32(35)46)36-33(47)29(43)26(40(58,59)60)30(44)34(36)48/h3-14H,1-2H3. The summed E-state index contributed by atoms with van der Waals surface area (Å²) in [5.74, 6) is -26.0. The van der Waals surface area contributed by atoms with Crippen LogP contribution in [-0.2, 0) is 24.7 Å². The van der Waals surface area contributed by atoms with E-state index in [1.807, 2.05) is 0 Å². The molecule has 6 rings (SSSR count). The van der Waals surface area contributed by atoms with E-state index in [0.29, 0.717) is 36.4 Å². The Kier molecular flexibility index (Phi) is 11.2. The first-order valence-electron chi connectivity index (χ1n) is 16.8. The van der Waals surface area contributed by atoms with Crippen LogP contribution in [0.2, 0.25) is 0 Å². The largest absolute Gasteiger partial charge is 0.422 e. The molecule has 0 N–H and O–H groups in total. The van der Waals surface area contributed by atoms with Crippen LogP contribution in [0, 0.1) is 60.4 Å². The number of hydrogen-bond donors (Lipinski definition) is 0. The molecule has 0 bridgehead atoms. The van der Waals surface area contributed by atoms with E-state index in [1.54, 1.807) is 0 Å². The van der Waals surface area contributed by atoms with Gasteiger partial charge in [-0.05, 0) is 73.5 Å². The molecule has 0 fully saturated rings. The Morgan fingerprint density at radius 1 is 0.355 bits per heavy atom. The van der Waals surface area contributed by atoms with Crippen LogP contribution in [0.3, 0.4) is 0 Å². The van der Waals surface area contributed by atoms with Crippen molar-refractivity contribution in [1.29, 1.82) is 0 Å². The summed E-state index contributed by atoms with van der Waals surface area (Å²) < 4.78 is 290. The summed E-state index contributed by atoms with van der Waals surface area (Å²) in [4.78, 5) is -0.0779. The van der Waals surface area contributed by atoms with Crippen LogP contribution in [0.1, 0.15) is 33.4 Å². The SMILES string of the molecule is Cc1cc(N(c2cc(C)cc(C(F)(F)F)c2)c2ccc(N(c3c(F)c(F)c(C(F)(F)F)c(F)c3F)c3c(F)c(F)c(C(F)(F)F)c(F)c3F)c3ccccc23)cc(C(F)(F)F)c1. The predicted molar refractivity (Wildman–Crippen MR) is 182 cm³/mol. The quantitative estimate of drug-likeness (QED) is 0.121. The van der Waals surface area contributed by atoms with Crippen molar-refractivity contribution in [2.75, 3.05) is 9.80 Å². The van der Waals surface area contributed by atoms with E-state index in [9.17, 15) is 52.7 Å². The van der Waals surface area contributed by atoms with Gasteiger partial charge in [0.15, 0.2) is 46.5 Å². The van der Waals surface area contributed by atoms with E-state index < -0.39 is 143 Å². The highest BCUT2D eigenvalue weighted by Gasteiger charge is 2.47. The van der Waals surface area contributed by atoms with Gasteiger partial charge >= 0.3 is 24.7 Å². The van der Waals surface area contributed by atoms with Crippen molar-refractivity contribution in [2.45, 2.75) is 38.6 Å². The van der Waals surface area contributed by atoms with Gasteiger partial charge in [-0.3, -0.25) is 4.90 Å². The Morgan fingerprint density at radius 2 is 0.661 bits per heavy atom. The van der Waals surface area contributed by atoms with Crippen molar-refractivity contribution in [3.63, 3.8) is 0 Å². The molecule has 0 saturated carbocycles. The predicted octanol–water partition coefficient (Wildman–Crippen LogP) is 15.6. The zero-order valence-corrected chi connectivity index (χ0v) is 30.4. The topological polar surface area (TPSA) is 6.48 Å². The Morgan fingerprint density at radius 3 is 0.952 bits per heavy atom. The lowest BCUT2D eigenvalue weighted by molar-refractivity contribution is -0.144. The van der Waals surface area contributed by atoms with Crippen LogP contribution in [0.15, 0.2) is 72.8 Å². The molecule has 328 valence electrons. The molecule has 0 aliphatic heterocycles. The second kappa shape index (κ2) is 15.3. The second-order valence-corrected chi connectivity index (χ2v) is 13.4. The van der Waals surface area contributed by atoms with Gasteiger partial charge in [-0.1, -0.05) is 24.3 Å². The molecule has 0 atom stereocenters. The minimum atomic E-state index is -6.25. The van der Waals surface area contributed by atoms with Crippen LogP contribution >= 0.6 is 0 Å². The first-order chi connectivity index (χ1) is 28.5. The van der Waals surface area contributed by atoms with Crippen molar-refractivity contribution in [3.05, 3.63) is 153 Å². The fourth-order valence-corrected chi connectivity index (χ4v) is 6.68. The number of benzene rings is 6. The molecule has 6 aromatic carbocycles. The first-order valence-corrected chi connectivity index (χ1v) is 16.8. The maximum atomic E-state index is 15.9. The maximum Gasteiger partial charge on any atom is 0.422 e. The maximum absolute atomic E-state index is 15.9. The number of alkyl halides is 12. The molecule has 0 amide bonds. The number of nitrogens with zero attached hydrogens (tertiary/aromatic N) is 2. The van der Waals surface area contributed by atoms with Gasteiger partial charge in [-0.25, -0.2) is 35.1 Å². The average molecular weight is 907 g/mol. The summed E-state index contributed by atoms with van der Waals surface area (Å²) in [6.45, 7) is 2.31. The van der Waals surface area contributed by atoms with Crippen LogP contribution in [-0.4, -0.2) is 0 Å².